The van der Waals surface area contributed by atoms with Crippen LogP contribution in [0.25, 0.3) is 11.4 Å². The molecule has 0 aliphatic heterocycles. The average Bonchev–Trinajstić information content (AvgIpc) is 3.32. The molecule has 1 heterocycles. The van der Waals surface area contributed by atoms with E-state index in [1.165, 1.54) is 18.9 Å². The maximum atomic E-state index is 9.90. The predicted octanol–water partition coefficient (Wildman–Crippen LogP) is 2.65. The van der Waals surface area contributed by atoms with E-state index in [0.29, 0.717) is 34.7 Å². The zero-order valence-corrected chi connectivity index (χ0v) is 12.2. The highest BCUT2D eigenvalue weighted by Crippen LogP contribution is 2.32. The number of nitrogens with zero attached hydrogens (tertiary/aromatic N) is 2. The Morgan fingerprint density at radius 3 is 2.95 bits per heavy atom. The zero-order valence-electron chi connectivity index (χ0n) is 11.5. The number of rotatable bonds is 5. The van der Waals surface area contributed by atoms with Crippen LogP contribution in [0.4, 0.5) is 5.82 Å². The van der Waals surface area contributed by atoms with Gasteiger partial charge in [0.1, 0.15) is 11.6 Å². The normalized spacial score (nSPS) is 15.7. The number of nitrogens with one attached hydrogen (secondary N) is 1. The first-order valence-electron chi connectivity index (χ1n) is 6.95. The van der Waals surface area contributed by atoms with Crippen LogP contribution in [0.1, 0.15) is 12.8 Å². The lowest BCUT2D eigenvalue weighted by Crippen LogP contribution is -2.31. The molecule has 4 N–H and O–H groups in total. The van der Waals surface area contributed by atoms with E-state index in [1.54, 1.807) is 24.4 Å². The molecule has 1 fully saturated rings. The van der Waals surface area contributed by atoms with Crippen LogP contribution in [0.5, 0.6) is 5.75 Å². The fourth-order valence-electron chi connectivity index (χ4n) is 2.19. The molecule has 1 aliphatic carbocycles. The molecule has 1 aromatic heterocycles. The minimum absolute atomic E-state index is 0.103. The Balaban J connectivity index is 1.77. The van der Waals surface area contributed by atoms with E-state index in [-0.39, 0.29) is 11.8 Å². The molecule has 1 aliphatic rings. The van der Waals surface area contributed by atoms with Crippen LogP contribution in [-0.2, 0) is 0 Å². The number of aromatic hydroxyl groups is 1. The summed E-state index contributed by atoms with van der Waals surface area (Å²) in [5.41, 5.74) is 6.57. The summed E-state index contributed by atoms with van der Waals surface area (Å²) in [6.45, 7) is 0.683. The van der Waals surface area contributed by atoms with E-state index in [9.17, 15) is 5.11 Å². The fourth-order valence-corrected chi connectivity index (χ4v) is 2.36. The standard InChI is InChI=1S/C15H17ClN4O/c16-10-3-4-13(21)11(7-10)15-18-6-5-14(20-15)19-8-12(17)9-1-2-9/h3-7,9,12,21H,1-2,8,17H2,(H,18,19,20)/t12-/m1/s1. The fraction of sp³-hybridized carbons (Fsp3) is 0.333. The quantitative estimate of drug-likeness (QED) is 0.791. The van der Waals surface area contributed by atoms with Gasteiger partial charge in [-0.05, 0) is 43.0 Å². The van der Waals surface area contributed by atoms with Crippen molar-refractivity contribution in [1.82, 2.24) is 9.97 Å². The van der Waals surface area contributed by atoms with Crippen LogP contribution < -0.4 is 11.1 Å². The molecule has 0 amide bonds. The van der Waals surface area contributed by atoms with Gasteiger partial charge < -0.3 is 16.2 Å². The molecule has 1 saturated carbocycles. The van der Waals surface area contributed by atoms with Crippen molar-refractivity contribution in [1.29, 1.82) is 0 Å². The molecule has 2 aromatic rings. The summed E-state index contributed by atoms with van der Waals surface area (Å²) in [4.78, 5) is 8.59. The van der Waals surface area contributed by atoms with Crippen LogP contribution in [0, 0.1) is 5.92 Å². The van der Waals surface area contributed by atoms with Crippen molar-refractivity contribution >= 4 is 17.4 Å². The number of nitrogens with two attached hydrogens (primary N) is 1. The van der Waals surface area contributed by atoms with Gasteiger partial charge in [-0.25, -0.2) is 9.97 Å². The Hall–Kier alpha value is -1.85. The van der Waals surface area contributed by atoms with Gasteiger partial charge in [0.2, 0.25) is 0 Å². The van der Waals surface area contributed by atoms with Crippen LogP contribution in [-0.4, -0.2) is 27.7 Å². The molecule has 0 radical (unpaired) electrons. The topological polar surface area (TPSA) is 84.1 Å². The first-order valence-corrected chi connectivity index (χ1v) is 7.32. The highest BCUT2D eigenvalue weighted by atomic mass is 35.5. The second-order valence-electron chi connectivity index (χ2n) is 5.31. The molecule has 6 heteroatoms. The molecular formula is C15H17ClN4O. The van der Waals surface area contributed by atoms with Gasteiger partial charge in [-0.3, -0.25) is 0 Å². The number of phenolic OH excluding ortho intramolecular Hbond substituents is 1. The van der Waals surface area contributed by atoms with E-state index < -0.39 is 0 Å². The van der Waals surface area contributed by atoms with Gasteiger partial charge in [-0.2, -0.15) is 0 Å². The average molecular weight is 305 g/mol. The number of aromatic nitrogens is 2. The summed E-state index contributed by atoms with van der Waals surface area (Å²) >= 11 is 5.95. The molecule has 5 nitrogen and oxygen atoms in total. The first-order chi connectivity index (χ1) is 10.1. The molecule has 0 bridgehead atoms. The smallest absolute Gasteiger partial charge is 0.165 e. The molecule has 0 saturated heterocycles. The predicted molar refractivity (Wildman–Crippen MR) is 83.3 cm³/mol. The van der Waals surface area contributed by atoms with E-state index >= 15 is 0 Å². The minimum atomic E-state index is 0.103. The lowest BCUT2D eigenvalue weighted by molar-refractivity contribution is 0.477. The third-order valence-corrected chi connectivity index (χ3v) is 3.84. The number of halogens is 1. The van der Waals surface area contributed by atoms with E-state index in [1.807, 2.05) is 0 Å². The van der Waals surface area contributed by atoms with Gasteiger partial charge in [0.05, 0.1) is 5.56 Å². The molecular weight excluding hydrogens is 288 g/mol. The monoisotopic (exact) mass is 304 g/mol. The third kappa shape index (κ3) is 3.43. The second-order valence-corrected chi connectivity index (χ2v) is 5.75. The molecule has 3 rings (SSSR count). The summed E-state index contributed by atoms with van der Waals surface area (Å²) < 4.78 is 0. The van der Waals surface area contributed by atoms with E-state index in [4.69, 9.17) is 17.3 Å². The number of hydrogen-bond acceptors (Lipinski definition) is 5. The molecule has 0 spiro atoms. The summed E-state index contributed by atoms with van der Waals surface area (Å²) in [6.07, 6.45) is 4.08. The van der Waals surface area contributed by atoms with Crippen molar-refractivity contribution in [3.05, 3.63) is 35.5 Å². The summed E-state index contributed by atoms with van der Waals surface area (Å²) in [5.74, 6) is 1.86. The highest BCUT2D eigenvalue weighted by molar-refractivity contribution is 6.30. The number of anilines is 1. The van der Waals surface area contributed by atoms with Gasteiger partial charge in [0, 0.05) is 23.8 Å². The Morgan fingerprint density at radius 1 is 1.38 bits per heavy atom. The van der Waals surface area contributed by atoms with Crippen LogP contribution in [0.3, 0.4) is 0 Å². The zero-order chi connectivity index (χ0) is 14.8. The van der Waals surface area contributed by atoms with Crippen molar-refractivity contribution in [2.45, 2.75) is 18.9 Å². The van der Waals surface area contributed by atoms with E-state index in [0.717, 1.165) is 0 Å². The number of hydrogen-bond donors (Lipinski definition) is 3. The van der Waals surface area contributed by atoms with Crippen molar-refractivity contribution in [2.75, 3.05) is 11.9 Å². The van der Waals surface area contributed by atoms with Gasteiger partial charge in [0.15, 0.2) is 5.82 Å². The van der Waals surface area contributed by atoms with Gasteiger partial charge in [-0.15, -0.1) is 0 Å². The molecule has 1 aromatic carbocycles. The SMILES string of the molecule is N[C@H](CNc1ccnc(-c2cc(Cl)ccc2O)n1)C1CC1. The van der Waals surface area contributed by atoms with Crippen molar-refractivity contribution in [2.24, 2.45) is 11.7 Å². The second kappa shape index (κ2) is 5.87. The third-order valence-electron chi connectivity index (χ3n) is 3.60. The Bertz CT molecular complexity index is 645. The van der Waals surface area contributed by atoms with Crippen LogP contribution in [0.2, 0.25) is 5.02 Å². The summed E-state index contributed by atoms with van der Waals surface area (Å²) in [7, 11) is 0. The van der Waals surface area contributed by atoms with Gasteiger partial charge >= 0.3 is 0 Å². The molecule has 0 unspecified atom stereocenters. The summed E-state index contributed by atoms with van der Waals surface area (Å²) in [6, 6.07) is 6.74. The highest BCUT2D eigenvalue weighted by Gasteiger charge is 2.28. The Labute approximate surface area is 128 Å². The van der Waals surface area contributed by atoms with Crippen molar-refractivity contribution in [3.63, 3.8) is 0 Å². The first kappa shape index (κ1) is 14.1. The summed E-state index contributed by atoms with van der Waals surface area (Å²) in [5, 5.41) is 13.6. The molecule has 21 heavy (non-hydrogen) atoms. The lowest BCUT2D eigenvalue weighted by Gasteiger charge is -2.12. The van der Waals surface area contributed by atoms with Crippen LogP contribution >= 0.6 is 11.6 Å². The van der Waals surface area contributed by atoms with E-state index in [2.05, 4.69) is 15.3 Å². The van der Waals surface area contributed by atoms with Crippen LogP contribution in [0.15, 0.2) is 30.5 Å². The Kier molecular flexibility index (Phi) is 3.94. The largest absolute Gasteiger partial charge is 0.507 e. The van der Waals surface area contributed by atoms with Crippen molar-refractivity contribution < 1.29 is 5.11 Å². The number of benzene rings is 1. The van der Waals surface area contributed by atoms with Crippen molar-refractivity contribution in [3.8, 4) is 17.1 Å². The number of phenols is 1. The van der Waals surface area contributed by atoms with Gasteiger partial charge in [0.25, 0.3) is 0 Å². The maximum absolute atomic E-state index is 9.90. The minimum Gasteiger partial charge on any atom is -0.507 e. The lowest BCUT2D eigenvalue weighted by atomic mass is 10.2. The molecule has 1 atom stereocenters. The maximum Gasteiger partial charge on any atom is 0.165 e. The van der Waals surface area contributed by atoms with Gasteiger partial charge in [-0.1, -0.05) is 11.6 Å². The molecule has 110 valence electrons. The Morgan fingerprint density at radius 2 is 2.19 bits per heavy atom.